The maximum absolute atomic E-state index is 12.9. The SMILES string of the molecule is COc1ccc(Cl)c(-c2cc3[nH]c(=O)n(/C=C/N=Cc4ccccc4)c(=O)c3s2)c1. The number of ether oxygens (including phenoxy) is 1. The number of thiophene rings is 1. The van der Waals surface area contributed by atoms with Crippen molar-refractivity contribution in [3.05, 3.63) is 92.2 Å². The summed E-state index contributed by atoms with van der Waals surface area (Å²) in [4.78, 5) is 32.9. The second kappa shape index (κ2) is 8.52. The van der Waals surface area contributed by atoms with Gasteiger partial charge in [-0.25, -0.2) is 9.36 Å². The first-order valence-corrected chi connectivity index (χ1v) is 10.1. The van der Waals surface area contributed by atoms with Crippen LogP contribution >= 0.6 is 22.9 Å². The molecule has 8 heteroatoms. The fourth-order valence-electron chi connectivity index (χ4n) is 2.88. The minimum Gasteiger partial charge on any atom is -0.497 e. The van der Waals surface area contributed by atoms with E-state index in [0.717, 1.165) is 20.6 Å². The molecule has 4 rings (SSSR count). The fraction of sp³-hybridized carbons (Fsp3) is 0.0455. The largest absolute Gasteiger partial charge is 0.497 e. The number of aliphatic imine (C=N–C) groups is 1. The molecule has 0 saturated carbocycles. The van der Waals surface area contributed by atoms with Crippen LogP contribution in [-0.2, 0) is 0 Å². The van der Waals surface area contributed by atoms with Crippen LogP contribution in [0.4, 0.5) is 0 Å². The van der Waals surface area contributed by atoms with E-state index in [0.29, 0.717) is 21.0 Å². The molecule has 4 aromatic rings. The summed E-state index contributed by atoms with van der Waals surface area (Å²) in [6, 6.07) is 16.5. The number of methoxy groups -OCH3 is 1. The van der Waals surface area contributed by atoms with Gasteiger partial charge in [0, 0.05) is 34.1 Å². The number of fused-ring (bicyclic) bond motifs is 1. The molecule has 6 nitrogen and oxygen atoms in total. The Balaban J connectivity index is 1.72. The summed E-state index contributed by atoms with van der Waals surface area (Å²) in [5, 5.41) is 0.528. The van der Waals surface area contributed by atoms with E-state index in [2.05, 4.69) is 9.98 Å². The highest BCUT2D eigenvalue weighted by molar-refractivity contribution is 7.22. The Kier molecular flexibility index (Phi) is 5.65. The van der Waals surface area contributed by atoms with E-state index in [9.17, 15) is 9.59 Å². The molecule has 1 N–H and O–H groups in total. The number of nitrogens with zero attached hydrogens (tertiary/aromatic N) is 2. The van der Waals surface area contributed by atoms with E-state index in [1.54, 1.807) is 37.6 Å². The number of aromatic amines is 1. The van der Waals surface area contributed by atoms with Gasteiger partial charge < -0.3 is 9.72 Å². The lowest BCUT2D eigenvalue weighted by Crippen LogP contribution is -2.30. The molecule has 2 aromatic carbocycles. The first-order valence-electron chi connectivity index (χ1n) is 8.94. The maximum Gasteiger partial charge on any atom is 0.333 e. The van der Waals surface area contributed by atoms with Crippen molar-refractivity contribution in [2.75, 3.05) is 7.11 Å². The van der Waals surface area contributed by atoms with Gasteiger partial charge in [0.2, 0.25) is 0 Å². The van der Waals surface area contributed by atoms with Gasteiger partial charge in [-0.15, -0.1) is 11.3 Å². The van der Waals surface area contributed by atoms with Crippen LogP contribution in [0.2, 0.25) is 5.02 Å². The van der Waals surface area contributed by atoms with Crippen LogP contribution in [0.1, 0.15) is 5.56 Å². The summed E-state index contributed by atoms with van der Waals surface area (Å²) in [6.07, 6.45) is 4.39. The van der Waals surface area contributed by atoms with Crippen LogP contribution in [0.15, 0.2) is 75.4 Å². The number of aromatic nitrogens is 2. The third-order valence-corrected chi connectivity index (χ3v) is 5.86. The van der Waals surface area contributed by atoms with E-state index in [1.807, 2.05) is 30.3 Å². The normalized spacial score (nSPS) is 11.7. The van der Waals surface area contributed by atoms with Crippen LogP contribution < -0.4 is 16.0 Å². The summed E-state index contributed by atoms with van der Waals surface area (Å²) in [5.41, 5.74) is 1.14. The Morgan fingerprint density at radius 1 is 1.13 bits per heavy atom. The Morgan fingerprint density at radius 3 is 2.70 bits per heavy atom. The molecule has 0 amide bonds. The number of rotatable bonds is 5. The molecule has 0 radical (unpaired) electrons. The Hall–Kier alpha value is -3.42. The van der Waals surface area contributed by atoms with Crippen molar-refractivity contribution in [2.24, 2.45) is 4.99 Å². The molecule has 0 fully saturated rings. The molecule has 0 bridgehead atoms. The minimum absolute atomic E-state index is 0.417. The topological polar surface area (TPSA) is 76.5 Å². The van der Waals surface area contributed by atoms with Crippen molar-refractivity contribution in [1.29, 1.82) is 0 Å². The molecule has 0 spiro atoms. The Labute approximate surface area is 180 Å². The van der Waals surface area contributed by atoms with Gasteiger partial charge in [0.05, 0.1) is 12.6 Å². The van der Waals surface area contributed by atoms with Crippen molar-refractivity contribution in [1.82, 2.24) is 9.55 Å². The molecule has 0 aliphatic heterocycles. The van der Waals surface area contributed by atoms with Gasteiger partial charge in [-0.05, 0) is 29.8 Å². The van der Waals surface area contributed by atoms with Crippen LogP contribution in [0.25, 0.3) is 26.9 Å². The average molecular weight is 438 g/mol. The maximum atomic E-state index is 12.9. The number of hydrogen-bond donors (Lipinski definition) is 1. The summed E-state index contributed by atoms with van der Waals surface area (Å²) in [5.74, 6) is 0.650. The van der Waals surface area contributed by atoms with Crippen molar-refractivity contribution >= 4 is 45.6 Å². The van der Waals surface area contributed by atoms with Crippen LogP contribution in [0, 0.1) is 0 Å². The molecule has 30 heavy (non-hydrogen) atoms. The molecule has 0 unspecified atom stereocenters. The van der Waals surface area contributed by atoms with E-state index >= 15 is 0 Å². The standard InChI is InChI=1S/C22H16ClN3O3S/c1-29-15-7-8-17(23)16(11-15)19-12-18-20(30-19)21(27)26(22(28)25-18)10-9-24-13-14-5-3-2-4-6-14/h2-13H,1H3,(H,25,28)/b10-9+,24-13?. The molecule has 150 valence electrons. The second-order valence-electron chi connectivity index (χ2n) is 6.29. The number of halogens is 1. The lowest BCUT2D eigenvalue weighted by Gasteiger charge is -2.04. The van der Waals surface area contributed by atoms with Crippen molar-refractivity contribution < 1.29 is 4.74 Å². The van der Waals surface area contributed by atoms with E-state index in [-0.39, 0.29) is 0 Å². The van der Waals surface area contributed by atoms with E-state index < -0.39 is 11.2 Å². The van der Waals surface area contributed by atoms with Crippen molar-refractivity contribution in [3.63, 3.8) is 0 Å². The number of nitrogens with one attached hydrogen (secondary N) is 1. The van der Waals surface area contributed by atoms with Gasteiger partial charge in [0.15, 0.2) is 0 Å². The highest BCUT2D eigenvalue weighted by Crippen LogP contribution is 2.37. The first-order chi connectivity index (χ1) is 14.6. The molecule has 2 aromatic heterocycles. The van der Waals surface area contributed by atoms with E-state index in [4.69, 9.17) is 16.3 Å². The molecule has 0 aliphatic carbocycles. The molecule has 0 aliphatic rings. The Bertz CT molecular complexity index is 1380. The predicted molar refractivity (Wildman–Crippen MR) is 123 cm³/mol. The van der Waals surface area contributed by atoms with Crippen LogP contribution in [-0.4, -0.2) is 22.9 Å². The zero-order valence-corrected chi connectivity index (χ0v) is 17.4. The summed E-state index contributed by atoms with van der Waals surface area (Å²) in [7, 11) is 1.57. The van der Waals surface area contributed by atoms with Gasteiger partial charge >= 0.3 is 5.69 Å². The smallest absolute Gasteiger partial charge is 0.333 e. The molecular formula is C22H16ClN3O3S. The molecule has 2 heterocycles. The number of benzene rings is 2. The lowest BCUT2D eigenvalue weighted by molar-refractivity contribution is 0.415. The monoisotopic (exact) mass is 437 g/mol. The van der Waals surface area contributed by atoms with Crippen molar-refractivity contribution in [2.45, 2.75) is 0 Å². The van der Waals surface area contributed by atoms with E-state index in [1.165, 1.54) is 23.7 Å². The van der Waals surface area contributed by atoms with Crippen LogP contribution in [0.3, 0.4) is 0 Å². The third kappa shape index (κ3) is 3.98. The number of H-pyrrole nitrogens is 1. The highest BCUT2D eigenvalue weighted by Gasteiger charge is 2.14. The zero-order valence-electron chi connectivity index (χ0n) is 15.8. The second-order valence-corrected chi connectivity index (χ2v) is 7.75. The fourth-order valence-corrected chi connectivity index (χ4v) is 4.24. The molecule has 0 saturated heterocycles. The molecule has 0 atom stereocenters. The zero-order chi connectivity index (χ0) is 21.1. The van der Waals surface area contributed by atoms with Gasteiger partial charge in [0.25, 0.3) is 5.56 Å². The third-order valence-electron chi connectivity index (χ3n) is 4.37. The quantitative estimate of drug-likeness (QED) is 0.462. The summed E-state index contributed by atoms with van der Waals surface area (Å²) >= 11 is 7.57. The lowest BCUT2D eigenvalue weighted by atomic mass is 10.2. The Morgan fingerprint density at radius 2 is 1.93 bits per heavy atom. The van der Waals surface area contributed by atoms with Gasteiger partial charge in [-0.1, -0.05) is 41.9 Å². The predicted octanol–water partition coefficient (Wildman–Crippen LogP) is 4.63. The highest BCUT2D eigenvalue weighted by atomic mass is 35.5. The minimum atomic E-state index is -0.542. The molecular weight excluding hydrogens is 422 g/mol. The first kappa shape index (κ1) is 19.9. The van der Waals surface area contributed by atoms with Crippen molar-refractivity contribution in [3.8, 4) is 16.2 Å². The number of hydrogen-bond acceptors (Lipinski definition) is 5. The van der Waals surface area contributed by atoms with Crippen LogP contribution in [0.5, 0.6) is 5.75 Å². The van der Waals surface area contributed by atoms with Gasteiger partial charge in [0.1, 0.15) is 10.4 Å². The summed E-state index contributed by atoms with van der Waals surface area (Å²) in [6.45, 7) is 0. The average Bonchev–Trinajstić information content (AvgIpc) is 3.18. The van der Waals surface area contributed by atoms with Gasteiger partial charge in [-0.3, -0.25) is 9.79 Å². The van der Waals surface area contributed by atoms with Gasteiger partial charge in [-0.2, -0.15) is 0 Å². The summed E-state index contributed by atoms with van der Waals surface area (Å²) < 4.78 is 6.67.